The standard InChI is InChI=1S/C12H16O3S/c1-7-6-10(12(14)15)4-5-11(7)16-9(3)8(2)13/h4-6,8-9,13H,1-3H3,(H,14,15). The van der Waals surface area contributed by atoms with Crippen LogP contribution in [0, 0.1) is 6.92 Å². The van der Waals surface area contributed by atoms with Crippen LogP contribution in [0.5, 0.6) is 0 Å². The molecule has 0 aliphatic carbocycles. The van der Waals surface area contributed by atoms with Crippen molar-refractivity contribution in [2.45, 2.75) is 37.0 Å². The fraction of sp³-hybridized carbons (Fsp3) is 0.417. The van der Waals surface area contributed by atoms with Crippen LogP contribution in [0.25, 0.3) is 0 Å². The number of carbonyl (C=O) groups is 1. The third kappa shape index (κ3) is 3.25. The van der Waals surface area contributed by atoms with Gasteiger partial charge in [0.05, 0.1) is 11.7 Å². The second kappa shape index (κ2) is 5.37. The summed E-state index contributed by atoms with van der Waals surface area (Å²) in [4.78, 5) is 11.8. The average Bonchev–Trinajstić information content (AvgIpc) is 2.20. The number of hydrogen-bond acceptors (Lipinski definition) is 3. The Labute approximate surface area is 99.5 Å². The van der Waals surface area contributed by atoms with E-state index < -0.39 is 5.97 Å². The first-order valence-electron chi connectivity index (χ1n) is 5.10. The highest BCUT2D eigenvalue weighted by molar-refractivity contribution is 8.00. The third-order valence-electron chi connectivity index (χ3n) is 2.41. The molecule has 1 aromatic rings. The van der Waals surface area contributed by atoms with Crippen LogP contribution in [0.15, 0.2) is 23.1 Å². The van der Waals surface area contributed by atoms with E-state index in [0.29, 0.717) is 5.56 Å². The molecule has 0 radical (unpaired) electrons. The summed E-state index contributed by atoms with van der Waals surface area (Å²) >= 11 is 1.56. The van der Waals surface area contributed by atoms with Crippen molar-refractivity contribution < 1.29 is 15.0 Å². The van der Waals surface area contributed by atoms with Crippen LogP contribution in [0.2, 0.25) is 0 Å². The molecule has 0 saturated heterocycles. The van der Waals surface area contributed by atoms with Gasteiger partial charge in [-0.3, -0.25) is 0 Å². The summed E-state index contributed by atoms with van der Waals surface area (Å²) in [5, 5.41) is 18.3. The molecule has 2 unspecified atom stereocenters. The molecular weight excluding hydrogens is 224 g/mol. The highest BCUT2D eigenvalue weighted by atomic mass is 32.2. The first kappa shape index (κ1) is 13.1. The van der Waals surface area contributed by atoms with Crippen molar-refractivity contribution in [3.8, 4) is 0 Å². The van der Waals surface area contributed by atoms with E-state index in [1.165, 1.54) is 0 Å². The van der Waals surface area contributed by atoms with Gasteiger partial charge >= 0.3 is 5.97 Å². The van der Waals surface area contributed by atoms with Crippen LogP contribution < -0.4 is 0 Å². The summed E-state index contributed by atoms with van der Waals surface area (Å²) in [6.45, 7) is 5.57. The minimum Gasteiger partial charge on any atom is -0.478 e. The van der Waals surface area contributed by atoms with E-state index >= 15 is 0 Å². The molecule has 0 aliphatic rings. The Balaban J connectivity index is 2.87. The van der Waals surface area contributed by atoms with E-state index in [1.807, 2.05) is 13.8 Å². The molecular formula is C12H16O3S. The molecule has 0 aliphatic heterocycles. The third-order valence-corrected chi connectivity index (χ3v) is 3.89. The van der Waals surface area contributed by atoms with Gasteiger partial charge in [0.1, 0.15) is 0 Å². The van der Waals surface area contributed by atoms with Crippen LogP contribution in [0.1, 0.15) is 29.8 Å². The van der Waals surface area contributed by atoms with E-state index in [-0.39, 0.29) is 11.4 Å². The number of carboxylic acids is 1. The summed E-state index contributed by atoms with van der Waals surface area (Å²) in [5.41, 5.74) is 1.23. The minimum atomic E-state index is -0.914. The molecule has 0 fully saturated rings. The van der Waals surface area contributed by atoms with Gasteiger partial charge in [-0.15, -0.1) is 11.8 Å². The molecule has 2 N–H and O–H groups in total. The van der Waals surface area contributed by atoms with Crippen LogP contribution in [0.4, 0.5) is 0 Å². The monoisotopic (exact) mass is 240 g/mol. The largest absolute Gasteiger partial charge is 0.478 e. The van der Waals surface area contributed by atoms with Gasteiger partial charge in [-0.1, -0.05) is 6.92 Å². The van der Waals surface area contributed by atoms with Gasteiger partial charge in [0.25, 0.3) is 0 Å². The molecule has 4 heteroatoms. The maximum absolute atomic E-state index is 10.7. The van der Waals surface area contributed by atoms with E-state index in [4.69, 9.17) is 5.11 Å². The molecule has 0 saturated carbocycles. The number of aliphatic hydroxyl groups excluding tert-OH is 1. The smallest absolute Gasteiger partial charge is 0.335 e. The highest BCUT2D eigenvalue weighted by Crippen LogP contribution is 2.28. The minimum absolute atomic E-state index is 0.0920. The summed E-state index contributed by atoms with van der Waals surface area (Å²) in [5.74, 6) is -0.914. The lowest BCUT2D eigenvalue weighted by molar-refractivity contribution is 0.0696. The fourth-order valence-corrected chi connectivity index (χ4v) is 2.20. The number of aromatic carboxylic acids is 1. The lowest BCUT2D eigenvalue weighted by atomic mass is 10.1. The van der Waals surface area contributed by atoms with Crippen LogP contribution in [0.3, 0.4) is 0 Å². The molecule has 0 aromatic heterocycles. The molecule has 0 spiro atoms. The molecule has 2 atom stereocenters. The van der Waals surface area contributed by atoms with Gasteiger partial charge in [0.2, 0.25) is 0 Å². The lowest BCUT2D eigenvalue weighted by Crippen LogP contribution is -2.15. The summed E-state index contributed by atoms with van der Waals surface area (Å²) in [7, 11) is 0. The van der Waals surface area contributed by atoms with Crippen molar-refractivity contribution in [1.29, 1.82) is 0 Å². The number of aryl methyl sites for hydroxylation is 1. The highest BCUT2D eigenvalue weighted by Gasteiger charge is 2.13. The number of benzene rings is 1. The van der Waals surface area contributed by atoms with Crippen LogP contribution in [-0.2, 0) is 0 Å². The topological polar surface area (TPSA) is 57.5 Å². The zero-order valence-electron chi connectivity index (χ0n) is 9.60. The Bertz CT molecular complexity index is 388. The number of thioether (sulfide) groups is 1. The number of hydrogen-bond donors (Lipinski definition) is 2. The van der Waals surface area contributed by atoms with Crippen molar-refractivity contribution in [3.05, 3.63) is 29.3 Å². The Hall–Kier alpha value is -1.000. The molecule has 88 valence electrons. The Morgan fingerprint density at radius 3 is 2.44 bits per heavy atom. The first-order chi connectivity index (χ1) is 7.41. The molecule has 0 amide bonds. The number of rotatable bonds is 4. The van der Waals surface area contributed by atoms with Crippen molar-refractivity contribution in [1.82, 2.24) is 0 Å². The van der Waals surface area contributed by atoms with Crippen LogP contribution in [-0.4, -0.2) is 27.5 Å². The summed E-state index contributed by atoms with van der Waals surface area (Å²) in [6.07, 6.45) is -0.386. The number of carboxylic acid groups (broad SMARTS) is 1. The van der Waals surface area contributed by atoms with Crippen molar-refractivity contribution in [2.24, 2.45) is 0 Å². The average molecular weight is 240 g/mol. The Kier molecular flexibility index (Phi) is 4.38. The predicted molar refractivity (Wildman–Crippen MR) is 65.1 cm³/mol. The quantitative estimate of drug-likeness (QED) is 0.794. The summed E-state index contributed by atoms with van der Waals surface area (Å²) in [6, 6.07) is 5.04. The van der Waals surface area contributed by atoms with E-state index in [1.54, 1.807) is 36.9 Å². The molecule has 3 nitrogen and oxygen atoms in total. The van der Waals surface area contributed by atoms with Gasteiger partial charge in [-0.25, -0.2) is 4.79 Å². The van der Waals surface area contributed by atoms with Crippen molar-refractivity contribution in [3.63, 3.8) is 0 Å². The fourth-order valence-electron chi connectivity index (χ4n) is 1.21. The van der Waals surface area contributed by atoms with E-state index in [2.05, 4.69) is 0 Å². The van der Waals surface area contributed by atoms with Gasteiger partial charge in [0.15, 0.2) is 0 Å². The maximum Gasteiger partial charge on any atom is 0.335 e. The van der Waals surface area contributed by atoms with Gasteiger partial charge in [0, 0.05) is 10.1 Å². The molecule has 0 heterocycles. The molecule has 0 bridgehead atoms. The second-order valence-electron chi connectivity index (χ2n) is 3.85. The van der Waals surface area contributed by atoms with E-state index in [9.17, 15) is 9.90 Å². The summed E-state index contributed by atoms with van der Waals surface area (Å²) < 4.78 is 0. The zero-order valence-corrected chi connectivity index (χ0v) is 10.4. The molecule has 16 heavy (non-hydrogen) atoms. The lowest BCUT2D eigenvalue weighted by Gasteiger charge is -2.15. The molecule has 1 rings (SSSR count). The Morgan fingerprint density at radius 1 is 1.38 bits per heavy atom. The second-order valence-corrected chi connectivity index (χ2v) is 5.27. The first-order valence-corrected chi connectivity index (χ1v) is 5.98. The van der Waals surface area contributed by atoms with Crippen molar-refractivity contribution in [2.75, 3.05) is 0 Å². The maximum atomic E-state index is 10.7. The SMILES string of the molecule is Cc1cc(C(=O)O)ccc1SC(C)C(C)O. The normalized spacial score (nSPS) is 14.5. The predicted octanol–water partition coefficient (Wildman–Crippen LogP) is 2.55. The molecule has 1 aromatic carbocycles. The van der Waals surface area contributed by atoms with E-state index in [0.717, 1.165) is 10.5 Å². The van der Waals surface area contributed by atoms with Gasteiger partial charge in [-0.05, 0) is 37.6 Å². The van der Waals surface area contributed by atoms with Crippen LogP contribution >= 0.6 is 11.8 Å². The zero-order chi connectivity index (χ0) is 12.3. The van der Waals surface area contributed by atoms with Gasteiger partial charge < -0.3 is 10.2 Å². The Morgan fingerprint density at radius 2 is 2.00 bits per heavy atom. The van der Waals surface area contributed by atoms with Gasteiger partial charge in [-0.2, -0.15) is 0 Å². The number of aliphatic hydroxyl groups is 1. The van der Waals surface area contributed by atoms with Crippen molar-refractivity contribution >= 4 is 17.7 Å².